The standard InChI is InChI=1S/C16H28N2/c1-14(2)11-18(5)13-16(3,12-17-4)15-9-7-6-8-10-15/h6-10,14,17H,11-13H2,1-5H3. The molecule has 102 valence electrons. The minimum atomic E-state index is 0.166. The zero-order valence-corrected chi connectivity index (χ0v) is 12.5. The van der Waals surface area contributed by atoms with Crippen molar-refractivity contribution < 1.29 is 0 Å². The number of rotatable bonds is 7. The smallest absolute Gasteiger partial charge is 0.0176 e. The van der Waals surface area contributed by atoms with E-state index in [1.54, 1.807) is 0 Å². The van der Waals surface area contributed by atoms with Gasteiger partial charge in [-0.25, -0.2) is 0 Å². The molecular formula is C16H28N2. The van der Waals surface area contributed by atoms with E-state index in [9.17, 15) is 0 Å². The fraction of sp³-hybridized carbons (Fsp3) is 0.625. The summed E-state index contributed by atoms with van der Waals surface area (Å²) in [6, 6.07) is 10.8. The molecule has 0 heterocycles. The number of likely N-dealkylation sites (N-methyl/N-ethyl adjacent to an activating group) is 2. The summed E-state index contributed by atoms with van der Waals surface area (Å²) in [4.78, 5) is 2.44. The molecule has 0 aliphatic carbocycles. The summed E-state index contributed by atoms with van der Waals surface area (Å²) in [6.45, 7) is 10.1. The van der Waals surface area contributed by atoms with Gasteiger partial charge < -0.3 is 10.2 Å². The quantitative estimate of drug-likeness (QED) is 0.798. The first-order chi connectivity index (χ1) is 8.48. The lowest BCUT2D eigenvalue weighted by molar-refractivity contribution is 0.230. The van der Waals surface area contributed by atoms with Gasteiger partial charge in [0.15, 0.2) is 0 Å². The molecule has 1 N–H and O–H groups in total. The maximum Gasteiger partial charge on any atom is 0.0176 e. The average molecular weight is 248 g/mol. The Bertz CT molecular complexity index is 334. The van der Waals surface area contributed by atoms with Crippen LogP contribution in [0.4, 0.5) is 0 Å². The van der Waals surface area contributed by atoms with Crippen molar-refractivity contribution in [1.29, 1.82) is 0 Å². The van der Waals surface area contributed by atoms with Gasteiger partial charge in [-0.05, 0) is 25.6 Å². The third-order valence-corrected chi connectivity index (χ3v) is 3.33. The lowest BCUT2D eigenvalue weighted by Gasteiger charge is -2.35. The van der Waals surface area contributed by atoms with Crippen LogP contribution in [0.15, 0.2) is 30.3 Å². The minimum Gasteiger partial charge on any atom is -0.319 e. The van der Waals surface area contributed by atoms with E-state index in [0.29, 0.717) is 5.92 Å². The largest absolute Gasteiger partial charge is 0.319 e. The normalized spacial score (nSPS) is 15.1. The van der Waals surface area contributed by atoms with Gasteiger partial charge in [0.2, 0.25) is 0 Å². The fourth-order valence-corrected chi connectivity index (χ4v) is 2.76. The molecule has 1 rings (SSSR count). The summed E-state index contributed by atoms with van der Waals surface area (Å²) >= 11 is 0. The molecule has 1 aromatic carbocycles. The molecule has 0 aliphatic rings. The molecule has 0 saturated heterocycles. The second-order valence-electron chi connectivity index (χ2n) is 6.05. The van der Waals surface area contributed by atoms with Gasteiger partial charge in [-0.3, -0.25) is 0 Å². The van der Waals surface area contributed by atoms with Crippen LogP contribution in [-0.2, 0) is 5.41 Å². The van der Waals surface area contributed by atoms with Gasteiger partial charge in [0.25, 0.3) is 0 Å². The molecule has 0 bridgehead atoms. The van der Waals surface area contributed by atoms with Crippen LogP contribution in [-0.4, -0.2) is 38.6 Å². The zero-order valence-electron chi connectivity index (χ0n) is 12.5. The molecule has 0 radical (unpaired) electrons. The Hall–Kier alpha value is -0.860. The third kappa shape index (κ3) is 4.43. The highest BCUT2D eigenvalue weighted by Crippen LogP contribution is 2.24. The van der Waals surface area contributed by atoms with E-state index in [-0.39, 0.29) is 5.41 Å². The predicted octanol–water partition coefficient (Wildman–Crippen LogP) is 2.75. The van der Waals surface area contributed by atoms with Crippen LogP contribution in [0.3, 0.4) is 0 Å². The van der Waals surface area contributed by atoms with E-state index < -0.39 is 0 Å². The van der Waals surface area contributed by atoms with E-state index in [1.165, 1.54) is 5.56 Å². The molecule has 1 atom stereocenters. The lowest BCUT2D eigenvalue weighted by atomic mass is 9.81. The molecule has 0 fully saturated rings. The molecule has 18 heavy (non-hydrogen) atoms. The monoisotopic (exact) mass is 248 g/mol. The average Bonchev–Trinajstić information content (AvgIpc) is 2.29. The van der Waals surface area contributed by atoms with Crippen LogP contribution in [0.5, 0.6) is 0 Å². The van der Waals surface area contributed by atoms with Gasteiger partial charge in [-0.2, -0.15) is 0 Å². The highest BCUT2D eigenvalue weighted by atomic mass is 15.1. The Morgan fingerprint density at radius 1 is 1.22 bits per heavy atom. The molecule has 1 unspecified atom stereocenters. The number of hydrogen-bond donors (Lipinski definition) is 1. The van der Waals surface area contributed by atoms with Crippen LogP contribution in [0, 0.1) is 5.92 Å². The fourth-order valence-electron chi connectivity index (χ4n) is 2.76. The number of nitrogens with one attached hydrogen (secondary N) is 1. The predicted molar refractivity (Wildman–Crippen MR) is 80.1 cm³/mol. The van der Waals surface area contributed by atoms with Crippen LogP contribution < -0.4 is 5.32 Å². The van der Waals surface area contributed by atoms with E-state index in [1.807, 2.05) is 7.05 Å². The molecule has 1 aromatic rings. The molecule has 2 nitrogen and oxygen atoms in total. The molecular weight excluding hydrogens is 220 g/mol. The van der Waals surface area contributed by atoms with Gasteiger partial charge in [0, 0.05) is 25.0 Å². The Morgan fingerprint density at radius 2 is 1.83 bits per heavy atom. The summed E-state index contributed by atoms with van der Waals surface area (Å²) in [5.74, 6) is 0.713. The summed E-state index contributed by atoms with van der Waals surface area (Å²) in [7, 11) is 4.25. The third-order valence-electron chi connectivity index (χ3n) is 3.33. The van der Waals surface area contributed by atoms with E-state index in [2.05, 4.69) is 68.4 Å². The number of benzene rings is 1. The Balaban J connectivity index is 2.80. The van der Waals surface area contributed by atoms with Gasteiger partial charge in [-0.1, -0.05) is 51.1 Å². The van der Waals surface area contributed by atoms with Crippen molar-refractivity contribution in [2.24, 2.45) is 5.92 Å². The van der Waals surface area contributed by atoms with Crippen molar-refractivity contribution in [3.63, 3.8) is 0 Å². The van der Waals surface area contributed by atoms with E-state index in [0.717, 1.165) is 19.6 Å². The van der Waals surface area contributed by atoms with Crippen LogP contribution in [0.1, 0.15) is 26.3 Å². The molecule has 2 heteroatoms. The highest BCUT2D eigenvalue weighted by Gasteiger charge is 2.27. The van der Waals surface area contributed by atoms with E-state index in [4.69, 9.17) is 0 Å². The molecule has 0 amide bonds. The Kier molecular flexibility index (Phi) is 5.83. The van der Waals surface area contributed by atoms with Gasteiger partial charge in [-0.15, -0.1) is 0 Å². The topological polar surface area (TPSA) is 15.3 Å². The van der Waals surface area contributed by atoms with Crippen molar-refractivity contribution in [2.45, 2.75) is 26.2 Å². The first kappa shape index (κ1) is 15.2. The first-order valence-corrected chi connectivity index (χ1v) is 6.86. The van der Waals surface area contributed by atoms with Gasteiger partial charge in [0.05, 0.1) is 0 Å². The molecule has 0 spiro atoms. The number of nitrogens with zero attached hydrogens (tertiary/aromatic N) is 1. The van der Waals surface area contributed by atoms with Crippen molar-refractivity contribution >= 4 is 0 Å². The second kappa shape index (κ2) is 6.91. The van der Waals surface area contributed by atoms with Crippen molar-refractivity contribution in [3.8, 4) is 0 Å². The SMILES string of the molecule is CNCC(C)(CN(C)CC(C)C)c1ccccc1. The van der Waals surface area contributed by atoms with Crippen molar-refractivity contribution in [3.05, 3.63) is 35.9 Å². The summed E-state index contributed by atoms with van der Waals surface area (Å²) in [5.41, 5.74) is 1.58. The minimum absolute atomic E-state index is 0.166. The first-order valence-electron chi connectivity index (χ1n) is 6.86. The highest BCUT2D eigenvalue weighted by molar-refractivity contribution is 5.25. The molecule has 0 aromatic heterocycles. The Labute approximate surface area is 112 Å². The summed E-state index contributed by atoms with van der Waals surface area (Å²) < 4.78 is 0. The maximum atomic E-state index is 3.34. The van der Waals surface area contributed by atoms with Gasteiger partial charge in [0.1, 0.15) is 0 Å². The van der Waals surface area contributed by atoms with E-state index >= 15 is 0 Å². The molecule has 0 saturated carbocycles. The molecule has 0 aliphatic heterocycles. The van der Waals surface area contributed by atoms with Crippen LogP contribution in [0.2, 0.25) is 0 Å². The van der Waals surface area contributed by atoms with Crippen molar-refractivity contribution in [2.75, 3.05) is 33.7 Å². The summed E-state index contributed by atoms with van der Waals surface area (Å²) in [6.07, 6.45) is 0. The van der Waals surface area contributed by atoms with Crippen LogP contribution in [0.25, 0.3) is 0 Å². The van der Waals surface area contributed by atoms with Crippen molar-refractivity contribution in [1.82, 2.24) is 10.2 Å². The Morgan fingerprint density at radius 3 is 2.33 bits per heavy atom. The number of hydrogen-bond acceptors (Lipinski definition) is 2. The van der Waals surface area contributed by atoms with Gasteiger partial charge >= 0.3 is 0 Å². The maximum absolute atomic E-state index is 3.34. The lowest BCUT2D eigenvalue weighted by Crippen LogP contribution is -2.44. The second-order valence-corrected chi connectivity index (χ2v) is 6.05. The van der Waals surface area contributed by atoms with Crippen LogP contribution >= 0.6 is 0 Å². The summed E-state index contributed by atoms with van der Waals surface area (Å²) in [5, 5.41) is 3.34. The zero-order chi connectivity index (χ0) is 13.6.